The Balaban J connectivity index is 1.87. The number of fused-ring (bicyclic) bond motifs is 1. The fourth-order valence-corrected chi connectivity index (χ4v) is 2.77. The minimum absolute atomic E-state index is 0.304. The summed E-state index contributed by atoms with van der Waals surface area (Å²) < 4.78 is 8.24. The lowest BCUT2D eigenvalue weighted by molar-refractivity contribution is -0.0271. The van der Waals surface area contributed by atoms with Crippen molar-refractivity contribution in [1.29, 1.82) is 0 Å². The molecule has 0 aliphatic carbocycles. The molecule has 2 heterocycles. The van der Waals surface area contributed by atoms with E-state index in [1.165, 1.54) is 16.6 Å². The number of ether oxygens (including phenoxy) is 1. The van der Waals surface area contributed by atoms with Gasteiger partial charge >= 0.3 is 0 Å². The van der Waals surface area contributed by atoms with Crippen molar-refractivity contribution in [3.63, 3.8) is 0 Å². The largest absolute Gasteiger partial charge is 0.374 e. The normalized spacial score (nSPS) is 21.6. The molecule has 1 aromatic heterocycles. The van der Waals surface area contributed by atoms with Crippen LogP contribution in [0.1, 0.15) is 5.69 Å². The fourth-order valence-electron chi connectivity index (χ4n) is 2.77. The summed E-state index contributed by atoms with van der Waals surface area (Å²) in [5.74, 6) is 0. The van der Waals surface area contributed by atoms with Crippen LogP contribution >= 0.6 is 0 Å². The Bertz CT molecular complexity index is 546. The number of benzene rings is 1. The van der Waals surface area contributed by atoms with Gasteiger partial charge in [0.05, 0.1) is 19.3 Å². The van der Waals surface area contributed by atoms with Crippen molar-refractivity contribution in [2.75, 3.05) is 26.7 Å². The highest BCUT2D eigenvalue weighted by atomic mass is 16.5. The summed E-state index contributed by atoms with van der Waals surface area (Å²) in [6, 6.07) is 10.8. The van der Waals surface area contributed by atoms with E-state index < -0.39 is 0 Å². The van der Waals surface area contributed by atoms with Crippen molar-refractivity contribution in [3.8, 4) is 0 Å². The molecule has 96 valence electrons. The summed E-state index contributed by atoms with van der Waals surface area (Å²) in [5, 5.41) is 1.32. The molecule has 0 amide bonds. The van der Waals surface area contributed by atoms with Gasteiger partial charge < -0.3 is 14.2 Å². The predicted octanol–water partition coefficient (Wildman–Crippen LogP) is 2.28. The van der Waals surface area contributed by atoms with Crippen molar-refractivity contribution < 1.29 is 4.74 Å². The number of rotatable bonds is 2. The van der Waals surface area contributed by atoms with Crippen LogP contribution in [-0.2, 0) is 11.3 Å². The minimum Gasteiger partial charge on any atom is -0.374 e. The van der Waals surface area contributed by atoms with E-state index in [2.05, 4.69) is 53.8 Å². The number of hydrogen-bond acceptors (Lipinski definition) is 2. The summed E-state index contributed by atoms with van der Waals surface area (Å²) in [6.07, 6.45) is 0.304. The number of nitrogens with zero attached hydrogens (tertiary/aromatic N) is 2. The van der Waals surface area contributed by atoms with E-state index in [-0.39, 0.29) is 0 Å². The van der Waals surface area contributed by atoms with Crippen LogP contribution in [0.15, 0.2) is 30.3 Å². The second-order valence-electron chi connectivity index (χ2n) is 5.21. The standard InChI is InChI=1S/C15H20N2O/c1-12-9-13-5-3-4-6-15(13)17(12)11-14-10-16(2)7-8-18-14/h3-6,9,14H,7-8,10-11H2,1-2H3. The van der Waals surface area contributed by atoms with Gasteiger partial charge in [0.25, 0.3) is 0 Å². The van der Waals surface area contributed by atoms with E-state index in [1.807, 2.05) is 0 Å². The van der Waals surface area contributed by atoms with Crippen molar-refractivity contribution in [1.82, 2.24) is 9.47 Å². The molecule has 1 fully saturated rings. The summed E-state index contributed by atoms with van der Waals surface area (Å²) in [5.41, 5.74) is 2.62. The molecule has 3 nitrogen and oxygen atoms in total. The lowest BCUT2D eigenvalue weighted by atomic mass is 10.2. The van der Waals surface area contributed by atoms with Gasteiger partial charge in [0.1, 0.15) is 0 Å². The van der Waals surface area contributed by atoms with Crippen LogP contribution in [0.4, 0.5) is 0 Å². The van der Waals surface area contributed by atoms with E-state index >= 15 is 0 Å². The maximum absolute atomic E-state index is 5.86. The third-order valence-corrected chi connectivity index (χ3v) is 3.75. The zero-order valence-corrected chi connectivity index (χ0v) is 11.1. The highest BCUT2D eigenvalue weighted by molar-refractivity contribution is 5.81. The first-order chi connectivity index (χ1) is 8.74. The SMILES string of the molecule is Cc1cc2ccccc2n1CC1CN(C)CCO1. The molecular weight excluding hydrogens is 224 g/mol. The molecule has 0 saturated carbocycles. The fraction of sp³-hybridized carbons (Fsp3) is 0.467. The van der Waals surface area contributed by atoms with E-state index in [9.17, 15) is 0 Å². The van der Waals surface area contributed by atoms with Gasteiger partial charge in [0.15, 0.2) is 0 Å². The number of morpholine rings is 1. The maximum Gasteiger partial charge on any atom is 0.0881 e. The smallest absolute Gasteiger partial charge is 0.0881 e. The van der Waals surface area contributed by atoms with Crippen molar-refractivity contribution in [2.24, 2.45) is 0 Å². The molecule has 3 heteroatoms. The van der Waals surface area contributed by atoms with Gasteiger partial charge in [0.2, 0.25) is 0 Å². The molecule has 1 saturated heterocycles. The number of aryl methyl sites for hydroxylation is 1. The summed E-state index contributed by atoms with van der Waals surface area (Å²) in [4.78, 5) is 2.34. The van der Waals surface area contributed by atoms with Crippen molar-refractivity contribution in [2.45, 2.75) is 19.6 Å². The van der Waals surface area contributed by atoms with Crippen LogP contribution in [0.25, 0.3) is 10.9 Å². The van der Waals surface area contributed by atoms with Gasteiger partial charge in [0, 0.05) is 24.3 Å². The third kappa shape index (κ3) is 2.16. The lowest BCUT2D eigenvalue weighted by Gasteiger charge is -2.30. The van der Waals surface area contributed by atoms with Crippen molar-refractivity contribution in [3.05, 3.63) is 36.0 Å². The van der Waals surface area contributed by atoms with Crippen LogP contribution in [0.5, 0.6) is 0 Å². The molecule has 1 aromatic carbocycles. The number of hydrogen-bond donors (Lipinski definition) is 0. The van der Waals surface area contributed by atoms with Crippen molar-refractivity contribution >= 4 is 10.9 Å². The Labute approximate surface area is 108 Å². The second kappa shape index (κ2) is 4.75. The summed E-state index contributed by atoms with van der Waals surface area (Å²) in [6.45, 7) is 6.03. The van der Waals surface area contributed by atoms with Gasteiger partial charge in [-0.1, -0.05) is 18.2 Å². The Morgan fingerprint density at radius 2 is 2.17 bits per heavy atom. The van der Waals surface area contributed by atoms with Gasteiger partial charge in [-0.3, -0.25) is 0 Å². The van der Waals surface area contributed by atoms with Gasteiger partial charge in [-0.05, 0) is 31.5 Å². The predicted molar refractivity (Wildman–Crippen MR) is 73.9 cm³/mol. The Morgan fingerprint density at radius 3 is 3.00 bits per heavy atom. The zero-order chi connectivity index (χ0) is 12.5. The second-order valence-corrected chi connectivity index (χ2v) is 5.21. The van der Waals surface area contributed by atoms with Gasteiger partial charge in [-0.15, -0.1) is 0 Å². The molecule has 0 radical (unpaired) electrons. The van der Waals surface area contributed by atoms with Gasteiger partial charge in [-0.2, -0.15) is 0 Å². The van der Waals surface area contributed by atoms with Crippen LogP contribution < -0.4 is 0 Å². The van der Waals surface area contributed by atoms with E-state index in [1.54, 1.807) is 0 Å². The quantitative estimate of drug-likeness (QED) is 0.806. The average molecular weight is 244 g/mol. The molecule has 1 unspecified atom stereocenters. The first-order valence-corrected chi connectivity index (χ1v) is 6.59. The van der Waals surface area contributed by atoms with Crippen LogP contribution in [-0.4, -0.2) is 42.3 Å². The van der Waals surface area contributed by atoms with E-state index in [4.69, 9.17) is 4.74 Å². The zero-order valence-electron chi connectivity index (χ0n) is 11.1. The highest BCUT2D eigenvalue weighted by Gasteiger charge is 2.19. The summed E-state index contributed by atoms with van der Waals surface area (Å²) in [7, 11) is 2.16. The maximum atomic E-state index is 5.86. The molecular formula is C15H20N2O. The highest BCUT2D eigenvalue weighted by Crippen LogP contribution is 2.20. The minimum atomic E-state index is 0.304. The first kappa shape index (κ1) is 11.8. The molecule has 3 rings (SSSR count). The first-order valence-electron chi connectivity index (χ1n) is 6.59. The Hall–Kier alpha value is -1.32. The Kier molecular flexibility index (Phi) is 3.10. The Morgan fingerprint density at radius 1 is 1.33 bits per heavy atom. The lowest BCUT2D eigenvalue weighted by Crippen LogP contribution is -2.42. The molecule has 1 atom stereocenters. The van der Waals surface area contributed by atoms with Gasteiger partial charge in [-0.25, -0.2) is 0 Å². The molecule has 1 aliphatic heterocycles. The number of likely N-dealkylation sites (N-methyl/N-ethyl adjacent to an activating group) is 1. The third-order valence-electron chi connectivity index (χ3n) is 3.75. The number of para-hydroxylation sites is 1. The topological polar surface area (TPSA) is 17.4 Å². The molecule has 0 bridgehead atoms. The van der Waals surface area contributed by atoms with Crippen LogP contribution in [0, 0.1) is 6.92 Å². The molecule has 0 spiro atoms. The molecule has 0 N–H and O–H groups in total. The molecule has 1 aliphatic rings. The summed E-state index contributed by atoms with van der Waals surface area (Å²) >= 11 is 0. The van der Waals surface area contributed by atoms with E-state index in [0.717, 1.165) is 26.2 Å². The van der Waals surface area contributed by atoms with Crippen LogP contribution in [0.3, 0.4) is 0 Å². The molecule has 2 aromatic rings. The monoisotopic (exact) mass is 244 g/mol. The van der Waals surface area contributed by atoms with Crippen LogP contribution in [0.2, 0.25) is 0 Å². The average Bonchev–Trinajstić information content (AvgIpc) is 2.66. The van der Waals surface area contributed by atoms with E-state index in [0.29, 0.717) is 6.10 Å². The molecule has 18 heavy (non-hydrogen) atoms. The number of aromatic nitrogens is 1.